The highest BCUT2D eigenvalue weighted by Crippen LogP contribution is 2.32. The van der Waals surface area contributed by atoms with E-state index >= 15 is 0 Å². The number of carbonyl (C=O) groups excluding carboxylic acids is 1. The van der Waals surface area contributed by atoms with Crippen LogP contribution in [0.3, 0.4) is 0 Å². The number of hydrogen-bond donors (Lipinski definition) is 0. The molecule has 1 aliphatic carbocycles. The van der Waals surface area contributed by atoms with Crippen LogP contribution >= 0.6 is 11.8 Å². The number of nitrogens with zero attached hydrogens (tertiary/aromatic N) is 4. The molecule has 2 heterocycles. The predicted molar refractivity (Wildman–Crippen MR) is 117 cm³/mol. The van der Waals surface area contributed by atoms with Gasteiger partial charge in [-0.05, 0) is 43.0 Å². The van der Waals surface area contributed by atoms with E-state index in [0.29, 0.717) is 11.7 Å². The van der Waals surface area contributed by atoms with Gasteiger partial charge in [-0.25, -0.2) is 9.99 Å². The highest BCUT2D eigenvalue weighted by atomic mass is 32.2. The fourth-order valence-electron chi connectivity index (χ4n) is 3.62. The van der Waals surface area contributed by atoms with E-state index in [1.54, 1.807) is 12.1 Å². The van der Waals surface area contributed by atoms with E-state index in [1.807, 2.05) is 31.3 Å². The van der Waals surface area contributed by atoms with Gasteiger partial charge >= 0.3 is 5.24 Å². The van der Waals surface area contributed by atoms with Gasteiger partial charge in [-0.2, -0.15) is 5.10 Å². The number of ether oxygens (including phenoxy) is 1. The zero-order valence-corrected chi connectivity index (χ0v) is 17.3. The third-order valence-corrected chi connectivity index (χ3v) is 6.33. The number of imidazole rings is 1. The predicted octanol–water partition coefficient (Wildman–Crippen LogP) is 4.53. The smallest absolute Gasteiger partial charge is 0.302 e. The van der Waals surface area contributed by atoms with Crippen LogP contribution in [0.15, 0.2) is 47.6 Å². The van der Waals surface area contributed by atoms with Crippen LogP contribution < -0.4 is 4.74 Å². The van der Waals surface area contributed by atoms with Crippen LogP contribution in [0.25, 0.3) is 22.4 Å². The van der Waals surface area contributed by atoms with E-state index in [1.165, 1.54) is 24.6 Å². The van der Waals surface area contributed by atoms with Crippen LogP contribution in [-0.4, -0.2) is 44.9 Å². The molecular weight excluding hydrogens is 384 g/mol. The number of aryl methyl sites for hydroxylation is 1. The first kappa shape index (κ1) is 18.2. The molecule has 1 aromatic heterocycles. The fraction of sp³-hybridized carbons (Fsp3) is 0.318. The van der Waals surface area contributed by atoms with Crippen molar-refractivity contribution in [1.29, 1.82) is 0 Å². The van der Waals surface area contributed by atoms with Crippen molar-refractivity contribution in [2.45, 2.75) is 12.8 Å². The summed E-state index contributed by atoms with van der Waals surface area (Å²) in [6.45, 7) is 0.737. The minimum Gasteiger partial charge on any atom is -0.497 e. The summed E-state index contributed by atoms with van der Waals surface area (Å²) in [4.78, 5) is 17.0. The lowest BCUT2D eigenvalue weighted by Gasteiger charge is -2.22. The van der Waals surface area contributed by atoms with Crippen molar-refractivity contribution in [2.75, 3.05) is 19.4 Å². The molecule has 3 aromatic rings. The summed E-state index contributed by atoms with van der Waals surface area (Å²) in [5.74, 6) is 2.92. The number of hydrazone groups is 1. The molecule has 5 rings (SSSR count). The van der Waals surface area contributed by atoms with Crippen LogP contribution in [0.4, 0.5) is 4.79 Å². The van der Waals surface area contributed by atoms with Gasteiger partial charge in [0.15, 0.2) is 0 Å². The van der Waals surface area contributed by atoms with Gasteiger partial charge in [0.25, 0.3) is 0 Å². The van der Waals surface area contributed by atoms with Crippen molar-refractivity contribution in [3.63, 3.8) is 0 Å². The van der Waals surface area contributed by atoms with Gasteiger partial charge in [-0.3, -0.25) is 4.79 Å². The van der Waals surface area contributed by atoms with Gasteiger partial charge in [-0.1, -0.05) is 30.0 Å². The molecular formula is C22H22N4O2S. The third kappa shape index (κ3) is 3.51. The van der Waals surface area contributed by atoms with Crippen LogP contribution in [0.1, 0.15) is 18.4 Å². The van der Waals surface area contributed by atoms with E-state index in [4.69, 9.17) is 9.72 Å². The van der Waals surface area contributed by atoms with E-state index in [0.717, 1.165) is 46.0 Å². The first-order valence-corrected chi connectivity index (χ1v) is 10.7. The van der Waals surface area contributed by atoms with Crippen molar-refractivity contribution in [2.24, 2.45) is 18.1 Å². The fourth-order valence-corrected chi connectivity index (χ4v) is 4.37. The highest BCUT2D eigenvalue weighted by molar-refractivity contribution is 8.14. The van der Waals surface area contributed by atoms with Gasteiger partial charge in [0.1, 0.15) is 11.6 Å². The quantitative estimate of drug-likeness (QED) is 0.625. The van der Waals surface area contributed by atoms with Crippen LogP contribution in [0.5, 0.6) is 5.75 Å². The van der Waals surface area contributed by atoms with Crippen molar-refractivity contribution >= 4 is 33.7 Å². The Balaban J connectivity index is 1.51. The normalized spacial score (nSPS) is 17.0. The van der Waals surface area contributed by atoms with E-state index < -0.39 is 0 Å². The average Bonchev–Trinajstić information content (AvgIpc) is 3.51. The van der Waals surface area contributed by atoms with Crippen LogP contribution in [0, 0.1) is 5.92 Å². The van der Waals surface area contributed by atoms with Gasteiger partial charge in [0.05, 0.1) is 23.9 Å². The van der Waals surface area contributed by atoms with E-state index in [9.17, 15) is 4.79 Å². The van der Waals surface area contributed by atoms with Gasteiger partial charge < -0.3 is 9.30 Å². The van der Waals surface area contributed by atoms with E-state index in [2.05, 4.69) is 27.9 Å². The third-order valence-electron chi connectivity index (χ3n) is 5.45. The number of methoxy groups -OCH3 is 1. The molecule has 0 atom stereocenters. The van der Waals surface area contributed by atoms with Gasteiger partial charge in [-0.15, -0.1) is 0 Å². The lowest BCUT2D eigenvalue weighted by Crippen LogP contribution is -2.31. The Kier molecular flexibility index (Phi) is 4.54. The lowest BCUT2D eigenvalue weighted by atomic mass is 10.1. The maximum absolute atomic E-state index is 12.2. The topological polar surface area (TPSA) is 59.7 Å². The Bertz CT molecular complexity index is 1130. The molecule has 1 saturated carbocycles. The average molecular weight is 407 g/mol. The number of amides is 1. The summed E-state index contributed by atoms with van der Waals surface area (Å²) in [7, 11) is 3.69. The maximum Gasteiger partial charge on any atom is 0.302 e. The molecule has 1 amide bonds. The van der Waals surface area contributed by atoms with Crippen molar-refractivity contribution in [1.82, 2.24) is 14.6 Å². The Morgan fingerprint density at radius 1 is 1.17 bits per heavy atom. The number of carbonyl (C=O) groups is 1. The highest BCUT2D eigenvalue weighted by Gasteiger charge is 2.30. The Hall–Kier alpha value is -2.80. The SMILES string of the molecule is COc1cccc(-c2nc3cc(C4=NN(CC5CC5)C(=O)SC4)ccc3n2C)c1. The maximum atomic E-state index is 12.2. The summed E-state index contributed by atoms with van der Waals surface area (Å²) in [6, 6.07) is 14.2. The molecule has 29 heavy (non-hydrogen) atoms. The van der Waals surface area contributed by atoms with Crippen LogP contribution in [0.2, 0.25) is 0 Å². The number of hydrogen-bond acceptors (Lipinski definition) is 5. The molecule has 0 bridgehead atoms. The van der Waals surface area contributed by atoms with E-state index in [-0.39, 0.29) is 5.24 Å². The number of thioether (sulfide) groups is 1. The number of aromatic nitrogens is 2. The molecule has 2 aliphatic rings. The molecule has 7 heteroatoms. The largest absolute Gasteiger partial charge is 0.497 e. The summed E-state index contributed by atoms with van der Waals surface area (Å²) in [5, 5.41) is 6.36. The second kappa shape index (κ2) is 7.22. The molecule has 0 unspecified atom stereocenters. The molecule has 6 nitrogen and oxygen atoms in total. The molecule has 0 N–H and O–H groups in total. The Morgan fingerprint density at radius 3 is 2.83 bits per heavy atom. The second-order valence-electron chi connectivity index (χ2n) is 7.56. The molecule has 0 spiro atoms. The molecule has 2 aromatic carbocycles. The molecule has 1 fully saturated rings. The summed E-state index contributed by atoms with van der Waals surface area (Å²) in [6.07, 6.45) is 2.40. The summed E-state index contributed by atoms with van der Waals surface area (Å²) in [5.41, 5.74) is 4.94. The van der Waals surface area contributed by atoms with Gasteiger partial charge in [0, 0.05) is 30.5 Å². The zero-order valence-electron chi connectivity index (χ0n) is 16.5. The first-order valence-electron chi connectivity index (χ1n) is 9.75. The Labute approximate surface area is 173 Å². The Morgan fingerprint density at radius 2 is 2.03 bits per heavy atom. The summed E-state index contributed by atoms with van der Waals surface area (Å²) >= 11 is 1.33. The van der Waals surface area contributed by atoms with Crippen molar-refractivity contribution in [3.05, 3.63) is 48.0 Å². The van der Waals surface area contributed by atoms with Crippen molar-refractivity contribution in [3.8, 4) is 17.1 Å². The van der Waals surface area contributed by atoms with Crippen LogP contribution in [-0.2, 0) is 7.05 Å². The lowest BCUT2D eigenvalue weighted by molar-refractivity contribution is 0.222. The number of rotatable bonds is 5. The van der Waals surface area contributed by atoms with Crippen molar-refractivity contribution < 1.29 is 9.53 Å². The first-order chi connectivity index (χ1) is 14.1. The summed E-state index contributed by atoms with van der Waals surface area (Å²) < 4.78 is 7.44. The standard InChI is InChI=1S/C22H22N4O2S/c1-25-20-9-8-15(19-13-29-22(27)26(24-19)12-14-6-7-14)11-18(20)23-21(25)16-4-3-5-17(10-16)28-2/h3-5,8-11,14H,6-7,12-13H2,1-2H3. The molecule has 0 saturated heterocycles. The minimum atomic E-state index is 0.0554. The zero-order chi connectivity index (χ0) is 20.0. The number of benzene rings is 2. The minimum absolute atomic E-state index is 0.0554. The molecule has 0 radical (unpaired) electrons. The van der Waals surface area contributed by atoms with Gasteiger partial charge in [0.2, 0.25) is 0 Å². The monoisotopic (exact) mass is 406 g/mol. The second-order valence-corrected chi connectivity index (χ2v) is 8.48. The molecule has 148 valence electrons. The number of fused-ring (bicyclic) bond motifs is 1. The molecule has 1 aliphatic heterocycles.